The van der Waals surface area contributed by atoms with Gasteiger partial charge in [-0.2, -0.15) is 5.26 Å². The molecule has 0 amide bonds. The van der Waals surface area contributed by atoms with Gasteiger partial charge in [-0.1, -0.05) is 31.8 Å². The number of rotatable bonds is 5. The third kappa shape index (κ3) is 3.16. The average Bonchev–Trinajstić information content (AvgIpc) is 3.42. The Morgan fingerprint density at radius 1 is 1.42 bits per heavy atom. The monoisotopic (exact) mass is 325 g/mol. The molecule has 0 aliphatic heterocycles. The molecular weight excluding hydrogens is 302 g/mol. The van der Waals surface area contributed by atoms with E-state index < -0.39 is 17.0 Å². The van der Waals surface area contributed by atoms with Gasteiger partial charge in [0.15, 0.2) is 0 Å². The van der Waals surface area contributed by atoms with Gasteiger partial charge in [-0.25, -0.2) is 4.79 Å². The van der Waals surface area contributed by atoms with Gasteiger partial charge in [0.2, 0.25) is 0 Å². The highest BCUT2D eigenvalue weighted by Crippen LogP contribution is 2.57. The van der Waals surface area contributed by atoms with E-state index >= 15 is 0 Å². The van der Waals surface area contributed by atoms with Gasteiger partial charge >= 0.3 is 5.97 Å². The molecule has 4 heteroatoms. The quantitative estimate of drug-likeness (QED) is 0.666. The number of hydrogen-bond donors (Lipinski definition) is 1. The molecule has 1 unspecified atom stereocenters. The predicted octanol–water partition coefficient (Wildman–Crippen LogP) is 3.30. The number of methoxy groups -OCH3 is 1. The van der Waals surface area contributed by atoms with Crippen LogP contribution in [0.1, 0.15) is 55.5 Å². The van der Waals surface area contributed by atoms with Crippen LogP contribution in [0.15, 0.2) is 24.3 Å². The summed E-state index contributed by atoms with van der Waals surface area (Å²) in [5.74, 6) is 5.47. The normalized spacial score (nSPS) is 17.2. The van der Waals surface area contributed by atoms with Gasteiger partial charge in [0.1, 0.15) is 5.60 Å². The molecule has 0 saturated heterocycles. The van der Waals surface area contributed by atoms with Crippen molar-refractivity contribution in [3.05, 3.63) is 35.4 Å². The molecule has 1 aromatic rings. The van der Waals surface area contributed by atoms with Crippen molar-refractivity contribution in [1.82, 2.24) is 0 Å². The second kappa shape index (κ2) is 7.07. The first-order chi connectivity index (χ1) is 11.5. The van der Waals surface area contributed by atoms with E-state index in [9.17, 15) is 15.2 Å². The molecule has 24 heavy (non-hydrogen) atoms. The zero-order chi connectivity index (χ0) is 17.8. The molecule has 0 bridgehead atoms. The van der Waals surface area contributed by atoms with Crippen molar-refractivity contribution in [2.24, 2.45) is 11.3 Å². The van der Waals surface area contributed by atoms with Crippen LogP contribution in [-0.4, -0.2) is 23.8 Å². The maximum Gasteiger partial charge on any atom is 0.337 e. The number of ether oxygens (including phenoxy) is 1. The summed E-state index contributed by atoms with van der Waals surface area (Å²) in [5, 5.41) is 20.8. The van der Waals surface area contributed by atoms with Crippen LogP contribution in [0, 0.1) is 34.5 Å². The molecule has 126 valence electrons. The highest BCUT2D eigenvalue weighted by molar-refractivity contribution is 5.89. The van der Waals surface area contributed by atoms with Crippen LogP contribution in [0.4, 0.5) is 0 Å². The number of carbonyl (C=O) groups is 1. The molecule has 0 radical (unpaired) electrons. The Kier molecular flexibility index (Phi) is 5.32. The SMILES string of the molecule is CCC(CC)C(O)(C#Cc1cccc(C(=O)OC)c1)C1(C#N)CC1. The third-order valence-electron chi connectivity index (χ3n) is 4.95. The highest BCUT2D eigenvalue weighted by atomic mass is 16.5. The number of carbonyl (C=O) groups excluding carboxylic acids is 1. The molecule has 1 aromatic carbocycles. The molecule has 4 nitrogen and oxygen atoms in total. The molecule has 0 heterocycles. The fraction of sp³-hybridized carbons (Fsp3) is 0.500. The van der Waals surface area contributed by atoms with Gasteiger partial charge in [0, 0.05) is 11.5 Å². The Morgan fingerprint density at radius 3 is 2.58 bits per heavy atom. The average molecular weight is 325 g/mol. The van der Waals surface area contributed by atoms with Gasteiger partial charge in [0.05, 0.1) is 24.2 Å². The van der Waals surface area contributed by atoms with E-state index in [0.29, 0.717) is 24.0 Å². The van der Waals surface area contributed by atoms with Crippen molar-refractivity contribution in [2.45, 2.75) is 45.1 Å². The van der Waals surface area contributed by atoms with Crippen molar-refractivity contribution in [1.29, 1.82) is 5.26 Å². The fourth-order valence-corrected chi connectivity index (χ4v) is 3.20. The first-order valence-electron chi connectivity index (χ1n) is 8.31. The molecule has 1 N–H and O–H groups in total. The van der Waals surface area contributed by atoms with E-state index in [0.717, 1.165) is 12.8 Å². The van der Waals surface area contributed by atoms with Gasteiger partial charge in [-0.05, 0) is 43.9 Å². The molecule has 0 aromatic heterocycles. The largest absolute Gasteiger partial charge is 0.465 e. The van der Waals surface area contributed by atoms with Gasteiger partial charge < -0.3 is 9.84 Å². The van der Waals surface area contributed by atoms with E-state index in [1.165, 1.54) is 7.11 Å². The van der Waals surface area contributed by atoms with Crippen molar-refractivity contribution < 1.29 is 14.6 Å². The number of nitrogens with zero attached hydrogens (tertiary/aromatic N) is 1. The lowest BCUT2D eigenvalue weighted by Gasteiger charge is -2.34. The van der Waals surface area contributed by atoms with Crippen LogP contribution in [-0.2, 0) is 4.74 Å². The Labute approximate surface area is 143 Å². The zero-order valence-corrected chi connectivity index (χ0v) is 14.4. The van der Waals surface area contributed by atoms with Crippen molar-refractivity contribution in [2.75, 3.05) is 7.11 Å². The maximum atomic E-state index is 11.6. The molecular formula is C20H23NO3. The summed E-state index contributed by atoms with van der Waals surface area (Å²) in [4.78, 5) is 11.6. The van der Waals surface area contributed by atoms with E-state index in [4.69, 9.17) is 4.74 Å². The lowest BCUT2D eigenvalue weighted by Crippen LogP contribution is -2.44. The molecule has 1 atom stereocenters. The van der Waals surface area contributed by atoms with Crippen LogP contribution in [0.5, 0.6) is 0 Å². The molecule has 1 saturated carbocycles. The Bertz CT molecular complexity index is 714. The van der Waals surface area contributed by atoms with Crippen LogP contribution < -0.4 is 0 Å². The summed E-state index contributed by atoms with van der Waals surface area (Å²) in [7, 11) is 1.33. The summed E-state index contributed by atoms with van der Waals surface area (Å²) in [6.07, 6.45) is 2.86. The smallest absolute Gasteiger partial charge is 0.337 e. The summed E-state index contributed by atoms with van der Waals surface area (Å²) in [5.41, 5.74) is -1.06. The Morgan fingerprint density at radius 2 is 2.08 bits per heavy atom. The second-order valence-electron chi connectivity index (χ2n) is 6.30. The summed E-state index contributed by atoms with van der Waals surface area (Å²) < 4.78 is 4.71. The van der Waals surface area contributed by atoms with E-state index in [-0.39, 0.29) is 5.92 Å². The van der Waals surface area contributed by atoms with Crippen LogP contribution >= 0.6 is 0 Å². The fourth-order valence-electron chi connectivity index (χ4n) is 3.20. The third-order valence-corrected chi connectivity index (χ3v) is 4.95. The number of aliphatic hydroxyl groups is 1. The molecule has 1 aliphatic carbocycles. The number of benzene rings is 1. The topological polar surface area (TPSA) is 70.3 Å². The van der Waals surface area contributed by atoms with Crippen LogP contribution in [0.25, 0.3) is 0 Å². The summed E-state index contributed by atoms with van der Waals surface area (Å²) in [6, 6.07) is 9.08. The van der Waals surface area contributed by atoms with Gasteiger partial charge in [0.25, 0.3) is 0 Å². The van der Waals surface area contributed by atoms with Crippen LogP contribution in [0.3, 0.4) is 0 Å². The minimum absolute atomic E-state index is 0.0593. The number of hydrogen-bond acceptors (Lipinski definition) is 4. The Hall–Kier alpha value is -2.30. The molecule has 1 aliphatic rings. The van der Waals surface area contributed by atoms with E-state index in [1.54, 1.807) is 24.3 Å². The molecule has 1 fully saturated rings. The first kappa shape index (κ1) is 18.0. The number of esters is 1. The Balaban J connectivity index is 2.41. The number of nitriles is 1. The summed E-state index contributed by atoms with van der Waals surface area (Å²) in [6.45, 7) is 4.01. The van der Waals surface area contributed by atoms with E-state index in [1.807, 2.05) is 13.8 Å². The molecule has 0 spiro atoms. The lowest BCUT2D eigenvalue weighted by atomic mass is 9.73. The second-order valence-corrected chi connectivity index (χ2v) is 6.30. The standard InChI is InChI=1S/C20H23NO3/c1-4-17(5-2)20(23,19(14-21)11-12-19)10-9-15-7-6-8-16(13-15)18(22)24-3/h6-8,13,17,23H,4-5,11-12H2,1-3H3. The van der Waals surface area contributed by atoms with Gasteiger partial charge in [-0.3, -0.25) is 0 Å². The van der Waals surface area contributed by atoms with E-state index in [2.05, 4.69) is 17.9 Å². The zero-order valence-electron chi connectivity index (χ0n) is 14.4. The minimum Gasteiger partial charge on any atom is -0.465 e. The predicted molar refractivity (Wildman–Crippen MR) is 91.0 cm³/mol. The first-order valence-corrected chi connectivity index (χ1v) is 8.31. The molecule has 2 rings (SSSR count). The summed E-state index contributed by atoms with van der Waals surface area (Å²) >= 11 is 0. The van der Waals surface area contributed by atoms with Crippen molar-refractivity contribution in [3.8, 4) is 17.9 Å². The maximum absolute atomic E-state index is 11.6. The van der Waals surface area contributed by atoms with Crippen molar-refractivity contribution in [3.63, 3.8) is 0 Å². The van der Waals surface area contributed by atoms with Crippen LogP contribution in [0.2, 0.25) is 0 Å². The van der Waals surface area contributed by atoms with Crippen molar-refractivity contribution >= 4 is 5.97 Å². The minimum atomic E-state index is -1.33. The highest BCUT2D eigenvalue weighted by Gasteiger charge is 2.61. The lowest BCUT2D eigenvalue weighted by molar-refractivity contribution is -0.0123. The van der Waals surface area contributed by atoms with Gasteiger partial charge in [-0.15, -0.1) is 0 Å².